The largest absolute Gasteiger partial charge is 0.459 e. The first kappa shape index (κ1) is 24.6. The van der Waals surface area contributed by atoms with Crippen LogP contribution >= 0.6 is 0 Å². The lowest BCUT2D eigenvalue weighted by Gasteiger charge is -2.41. The Kier molecular flexibility index (Phi) is 7.75. The lowest BCUT2D eigenvalue weighted by Crippen LogP contribution is -2.48. The normalized spacial score (nSPS) is 18.8. The van der Waals surface area contributed by atoms with E-state index in [9.17, 15) is 4.79 Å². The molecule has 192 valence electrons. The van der Waals surface area contributed by atoms with Gasteiger partial charge in [-0.15, -0.1) is 5.10 Å². The number of aryl methyl sites for hydroxylation is 2. The number of likely N-dealkylation sites (tertiary alicyclic amines) is 1. The van der Waals surface area contributed by atoms with Crippen molar-refractivity contribution < 1.29 is 9.21 Å². The number of carbonyl (C=O) groups is 1. The molecule has 9 nitrogen and oxygen atoms in total. The molecule has 0 atom stereocenters. The average Bonchev–Trinajstić information content (AvgIpc) is 3.64. The number of tetrazole rings is 1. The van der Waals surface area contributed by atoms with Gasteiger partial charge in [-0.1, -0.05) is 25.3 Å². The van der Waals surface area contributed by atoms with E-state index in [1.165, 1.54) is 38.5 Å². The molecule has 9 heteroatoms. The molecule has 1 saturated heterocycles. The predicted octanol–water partition coefficient (Wildman–Crippen LogP) is 4.58. The van der Waals surface area contributed by atoms with Gasteiger partial charge in [0.15, 0.2) is 5.76 Å². The number of aromatic amines is 1. The molecule has 36 heavy (non-hydrogen) atoms. The van der Waals surface area contributed by atoms with E-state index in [0.717, 1.165) is 56.7 Å². The lowest BCUT2D eigenvalue weighted by molar-refractivity contribution is 0.0917. The van der Waals surface area contributed by atoms with Crippen LogP contribution in [0.15, 0.2) is 41.1 Å². The Hall–Kier alpha value is -3.07. The number of furan rings is 1. The van der Waals surface area contributed by atoms with E-state index in [2.05, 4.69) is 30.5 Å². The zero-order chi connectivity index (χ0) is 24.8. The van der Waals surface area contributed by atoms with Crippen molar-refractivity contribution in [2.24, 2.45) is 5.41 Å². The second kappa shape index (κ2) is 11.3. The summed E-state index contributed by atoms with van der Waals surface area (Å²) in [6.45, 7) is 5.09. The van der Waals surface area contributed by atoms with E-state index >= 15 is 0 Å². The van der Waals surface area contributed by atoms with Gasteiger partial charge in [-0.2, -0.15) is 0 Å². The van der Waals surface area contributed by atoms with Crippen molar-refractivity contribution in [1.82, 2.24) is 30.5 Å². The van der Waals surface area contributed by atoms with Gasteiger partial charge in [-0.25, -0.2) is 10.1 Å². The first-order chi connectivity index (χ1) is 17.6. The van der Waals surface area contributed by atoms with Crippen LogP contribution in [0.25, 0.3) is 0 Å². The van der Waals surface area contributed by atoms with E-state index in [0.29, 0.717) is 17.0 Å². The van der Waals surface area contributed by atoms with Gasteiger partial charge >= 0.3 is 0 Å². The fourth-order valence-corrected chi connectivity index (χ4v) is 5.97. The van der Waals surface area contributed by atoms with Crippen LogP contribution in [0.5, 0.6) is 0 Å². The number of pyridine rings is 1. The molecule has 0 bridgehead atoms. The van der Waals surface area contributed by atoms with Gasteiger partial charge in [0.05, 0.1) is 6.26 Å². The third-order valence-corrected chi connectivity index (χ3v) is 8.17. The van der Waals surface area contributed by atoms with Crippen LogP contribution in [0.2, 0.25) is 0 Å². The summed E-state index contributed by atoms with van der Waals surface area (Å²) in [5.41, 5.74) is 1.46. The van der Waals surface area contributed by atoms with E-state index in [1.807, 2.05) is 30.2 Å². The third-order valence-electron chi connectivity index (χ3n) is 8.17. The Morgan fingerprint density at radius 1 is 1.17 bits per heavy atom. The zero-order valence-electron chi connectivity index (χ0n) is 21.2. The van der Waals surface area contributed by atoms with Gasteiger partial charge in [-0.3, -0.25) is 9.69 Å². The van der Waals surface area contributed by atoms with Crippen molar-refractivity contribution in [3.8, 4) is 0 Å². The Morgan fingerprint density at radius 3 is 2.67 bits per heavy atom. The van der Waals surface area contributed by atoms with Gasteiger partial charge in [0.25, 0.3) is 5.91 Å². The van der Waals surface area contributed by atoms with Crippen molar-refractivity contribution in [3.63, 3.8) is 0 Å². The number of nitrogens with one attached hydrogen (secondary N) is 1. The highest BCUT2D eigenvalue weighted by molar-refractivity contribution is 6.04. The molecule has 2 fully saturated rings. The van der Waals surface area contributed by atoms with Gasteiger partial charge in [0, 0.05) is 31.7 Å². The van der Waals surface area contributed by atoms with Gasteiger partial charge in [0.2, 0.25) is 0 Å². The molecular weight excluding hydrogens is 454 g/mol. The number of rotatable bonds is 9. The summed E-state index contributed by atoms with van der Waals surface area (Å²) in [5, 5.41) is 14.5. The molecule has 0 unspecified atom stereocenters. The second-order valence-corrected chi connectivity index (χ2v) is 10.6. The number of carbonyl (C=O) groups excluding carboxylic acids is 1. The molecule has 2 aliphatic rings. The topological polar surface area (TPSA) is 104 Å². The minimum atomic E-state index is -0.113. The first-order valence-corrected chi connectivity index (χ1v) is 13.4. The quantitative estimate of drug-likeness (QED) is 0.467. The molecular formula is C27H37N7O2. The number of H-pyrrole nitrogens is 1. The van der Waals surface area contributed by atoms with Gasteiger partial charge in [-0.05, 0) is 91.6 Å². The molecule has 1 N–H and O–H groups in total. The minimum absolute atomic E-state index is 0.108. The summed E-state index contributed by atoms with van der Waals surface area (Å²) in [7, 11) is 0. The van der Waals surface area contributed by atoms with Crippen LogP contribution in [0, 0.1) is 12.3 Å². The Morgan fingerprint density at radius 2 is 2.00 bits per heavy atom. The summed E-state index contributed by atoms with van der Waals surface area (Å²) in [5.74, 6) is 1.84. The number of nitrogens with zero attached hydrogens (tertiary/aromatic N) is 6. The van der Waals surface area contributed by atoms with E-state index in [4.69, 9.17) is 4.42 Å². The summed E-state index contributed by atoms with van der Waals surface area (Å²) in [4.78, 5) is 22.4. The van der Waals surface area contributed by atoms with Gasteiger partial charge < -0.3 is 9.32 Å². The van der Waals surface area contributed by atoms with Crippen molar-refractivity contribution in [1.29, 1.82) is 0 Å². The van der Waals surface area contributed by atoms with E-state index in [-0.39, 0.29) is 11.9 Å². The highest BCUT2D eigenvalue weighted by Crippen LogP contribution is 2.43. The number of amides is 1. The summed E-state index contributed by atoms with van der Waals surface area (Å²) < 4.78 is 5.46. The predicted molar refractivity (Wildman–Crippen MR) is 137 cm³/mol. The molecule has 1 aliphatic heterocycles. The maximum atomic E-state index is 13.4. The zero-order valence-corrected chi connectivity index (χ0v) is 21.2. The molecule has 5 rings (SSSR count). The van der Waals surface area contributed by atoms with Crippen molar-refractivity contribution in [2.45, 2.75) is 77.2 Å². The Labute approximate surface area is 212 Å². The van der Waals surface area contributed by atoms with Crippen LogP contribution in [0.3, 0.4) is 0 Å². The maximum absolute atomic E-state index is 13.4. The SMILES string of the molecule is Cc1ccc(N(C(=O)c2ccco2)C2CCN(CCC3(CCc4nnn[nH]4)CCCCC3)CC2)nc1. The molecule has 3 aromatic heterocycles. The average molecular weight is 492 g/mol. The highest BCUT2D eigenvalue weighted by atomic mass is 16.3. The molecule has 0 radical (unpaired) electrons. The minimum Gasteiger partial charge on any atom is -0.459 e. The number of hydrogen-bond donors (Lipinski definition) is 1. The molecule has 3 aromatic rings. The van der Waals surface area contributed by atoms with Crippen molar-refractivity contribution >= 4 is 11.7 Å². The van der Waals surface area contributed by atoms with Crippen molar-refractivity contribution in [3.05, 3.63) is 53.9 Å². The van der Waals surface area contributed by atoms with Crippen LogP contribution in [-0.4, -0.2) is 62.1 Å². The fraction of sp³-hybridized carbons (Fsp3) is 0.593. The molecule has 1 saturated carbocycles. The second-order valence-electron chi connectivity index (χ2n) is 10.6. The standard InChI is InChI=1S/C27H37N7O2/c1-21-7-8-25(28-20-21)34(26(35)23-6-5-19-36-23)22-10-16-33(17-11-22)18-15-27(12-3-2-4-13-27)14-9-24-29-31-32-30-24/h5-8,19-20,22H,2-4,9-18H2,1H3,(H,29,30,31,32). The molecule has 1 amide bonds. The van der Waals surface area contributed by atoms with Crippen LogP contribution in [0.4, 0.5) is 5.82 Å². The summed E-state index contributed by atoms with van der Waals surface area (Å²) in [6.07, 6.45) is 15.1. The number of hydrogen-bond acceptors (Lipinski definition) is 7. The molecule has 0 spiro atoms. The fourth-order valence-electron chi connectivity index (χ4n) is 5.97. The first-order valence-electron chi connectivity index (χ1n) is 13.4. The monoisotopic (exact) mass is 491 g/mol. The summed E-state index contributed by atoms with van der Waals surface area (Å²) in [6, 6.07) is 7.56. The number of anilines is 1. The Bertz CT molecular complexity index is 1070. The van der Waals surface area contributed by atoms with E-state index < -0.39 is 0 Å². The van der Waals surface area contributed by atoms with Crippen molar-refractivity contribution in [2.75, 3.05) is 24.5 Å². The number of piperidine rings is 1. The Balaban J connectivity index is 1.20. The third kappa shape index (κ3) is 5.83. The molecule has 0 aromatic carbocycles. The van der Waals surface area contributed by atoms with Gasteiger partial charge in [0.1, 0.15) is 11.6 Å². The van der Waals surface area contributed by atoms with Crippen LogP contribution < -0.4 is 4.90 Å². The smallest absolute Gasteiger partial charge is 0.295 e. The molecule has 4 heterocycles. The highest BCUT2D eigenvalue weighted by Gasteiger charge is 2.35. The lowest BCUT2D eigenvalue weighted by atomic mass is 9.69. The molecule has 1 aliphatic carbocycles. The van der Waals surface area contributed by atoms with Crippen LogP contribution in [0.1, 0.15) is 79.7 Å². The van der Waals surface area contributed by atoms with Crippen LogP contribution in [-0.2, 0) is 6.42 Å². The summed E-state index contributed by atoms with van der Waals surface area (Å²) >= 11 is 0. The number of aromatic nitrogens is 5. The van der Waals surface area contributed by atoms with E-state index in [1.54, 1.807) is 18.4 Å². The maximum Gasteiger partial charge on any atom is 0.295 e.